The van der Waals surface area contributed by atoms with Gasteiger partial charge in [-0.3, -0.25) is 5.41 Å². The van der Waals surface area contributed by atoms with Crippen molar-refractivity contribution in [3.8, 4) is 0 Å². The quantitative estimate of drug-likeness (QED) is 0.169. The summed E-state index contributed by atoms with van der Waals surface area (Å²) < 4.78 is 0. The predicted octanol–water partition coefficient (Wildman–Crippen LogP) is 2.65. The van der Waals surface area contributed by atoms with Gasteiger partial charge in [0.05, 0.1) is 0 Å². The van der Waals surface area contributed by atoms with Gasteiger partial charge in [-0.2, -0.15) is 0 Å². The van der Waals surface area contributed by atoms with Crippen LogP contribution in [0.25, 0.3) is 0 Å². The van der Waals surface area contributed by atoms with Crippen LogP contribution in [0.2, 0.25) is 0 Å². The first-order valence-corrected chi connectivity index (χ1v) is 5.01. The van der Waals surface area contributed by atoms with Crippen LogP contribution in [0.3, 0.4) is 0 Å². The van der Waals surface area contributed by atoms with Crippen molar-refractivity contribution in [2.24, 2.45) is 22.1 Å². The first kappa shape index (κ1) is 10.2. The summed E-state index contributed by atoms with van der Waals surface area (Å²) in [6.07, 6.45) is 8.53. The highest BCUT2D eigenvalue weighted by Gasteiger charge is 2.13. The third-order valence-corrected chi connectivity index (χ3v) is 2.64. The summed E-state index contributed by atoms with van der Waals surface area (Å²) in [5, 5.41) is 14.1. The summed E-state index contributed by atoms with van der Waals surface area (Å²) in [5.74, 6) is 5.85. The largest absolute Gasteiger partial charge is 0.305 e. The molecule has 0 aromatic carbocycles. The lowest BCUT2D eigenvalue weighted by Gasteiger charge is -2.11. The van der Waals surface area contributed by atoms with Crippen molar-refractivity contribution in [2.75, 3.05) is 0 Å². The fraction of sp³-hybridized carbons (Fsp3) is 0.889. The Labute approximate surface area is 79.1 Å². The highest BCUT2D eigenvalue weighted by molar-refractivity contribution is 5.79. The van der Waals surface area contributed by atoms with E-state index in [1.165, 1.54) is 38.5 Å². The Morgan fingerprint density at radius 3 is 2.38 bits per heavy atom. The molecule has 0 atom stereocenters. The average Bonchev–Trinajstić information content (AvgIpc) is 2.33. The average molecular weight is 182 g/mol. The van der Waals surface area contributed by atoms with Crippen molar-refractivity contribution in [1.82, 2.24) is 0 Å². The van der Waals surface area contributed by atoms with E-state index in [1.54, 1.807) is 0 Å². The number of hydrogen-bond acceptors (Lipinski definition) is 2. The second-order valence-corrected chi connectivity index (χ2v) is 3.72. The fourth-order valence-corrected chi connectivity index (χ4v) is 1.95. The van der Waals surface area contributed by atoms with Gasteiger partial charge in [0.1, 0.15) is 5.84 Å². The molecule has 1 aliphatic rings. The number of nitrogens with two attached hydrogens (primary N) is 1. The van der Waals surface area contributed by atoms with Crippen LogP contribution in [0.5, 0.6) is 0 Å². The molecule has 13 heavy (non-hydrogen) atoms. The summed E-state index contributed by atoms with van der Waals surface area (Å²) in [6, 6.07) is 0. The number of hydrogen-bond donors (Lipinski definition) is 2. The first-order chi connectivity index (χ1) is 6.33. The molecule has 0 amide bonds. The molecule has 4 nitrogen and oxygen atoms in total. The Morgan fingerprint density at radius 2 is 1.85 bits per heavy atom. The molecular formula is C9H18N4. The van der Waals surface area contributed by atoms with Gasteiger partial charge in [-0.15, -0.1) is 5.11 Å². The molecule has 1 fully saturated rings. The molecule has 0 unspecified atom stereocenters. The van der Waals surface area contributed by atoms with E-state index in [0.29, 0.717) is 11.8 Å². The maximum Gasteiger partial charge on any atom is 0.145 e. The number of rotatable bonds is 2. The lowest BCUT2D eigenvalue weighted by Crippen LogP contribution is -2.05. The molecule has 74 valence electrons. The van der Waals surface area contributed by atoms with Crippen LogP contribution >= 0.6 is 0 Å². The van der Waals surface area contributed by atoms with E-state index >= 15 is 0 Å². The van der Waals surface area contributed by atoms with Gasteiger partial charge in [0.25, 0.3) is 0 Å². The molecule has 0 aliphatic heterocycles. The van der Waals surface area contributed by atoms with Gasteiger partial charge < -0.3 is 5.84 Å². The predicted molar refractivity (Wildman–Crippen MR) is 52.6 cm³/mol. The second kappa shape index (κ2) is 5.67. The normalized spacial score (nSPS) is 20.3. The zero-order valence-electron chi connectivity index (χ0n) is 8.00. The highest BCUT2D eigenvalue weighted by Crippen LogP contribution is 2.25. The van der Waals surface area contributed by atoms with Crippen LogP contribution in [-0.2, 0) is 0 Å². The maximum absolute atomic E-state index is 7.46. The zero-order chi connectivity index (χ0) is 9.52. The van der Waals surface area contributed by atoms with E-state index in [0.717, 1.165) is 6.42 Å². The van der Waals surface area contributed by atoms with E-state index in [4.69, 9.17) is 11.3 Å². The third-order valence-electron chi connectivity index (χ3n) is 2.64. The number of nitrogens with zero attached hydrogens (tertiary/aromatic N) is 2. The lowest BCUT2D eigenvalue weighted by atomic mass is 9.96. The Morgan fingerprint density at radius 1 is 1.23 bits per heavy atom. The Bertz CT molecular complexity index is 180. The van der Waals surface area contributed by atoms with Gasteiger partial charge in [0.15, 0.2) is 0 Å². The van der Waals surface area contributed by atoms with Crippen molar-refractivity contribution in [3.05, 3.63) is 0 Å². The van der Waals surface area contributed by atoms with Gasteiger partial charge >= 0.3 is 0 Å². The SMILES string of the molecule is N=C(CC1CCCCCC1)N=NN. The summed E-state index contributed by atoms with van der Waals surface area (Å²) in [5.41, 5.74) is 0. The molecule has 1 aliphatic carbocycles. The van der Waals surface area contributed by atoms with E-state index in [9.17, 15) is 0 Å². The third kappa shape index (κ3) is 4.01. The van der Waals surface area contributed by atoms with Crippen LogP contribution in [0.15, 0.2) is 10.3 Å². The molecule has 0 aromatic heterocycles. The number of nitrogens with one attached hydrogen (secondary N) is 1. The summed E-state index contributed by atoms with van der Waals surface area (Å²) >= 11 is 0. The van der Waals surface area contributed by atoms with Gasteiger partial charge in [-0.25, -0.2) is 0 Å². The Hall–Kier alpha value is -0.930. The molecule has 0 aromatic rings. The minimum Gasteiger partial charge on any atom is -0.305 e. The van der Waals surface area contributed by atoms with Crippen molar-refractivity contribution in [2.45, 2.75) is 44.9 Å². The minimum atomic E-state index is 0.328. The van der Waals surface area contributed by atoms with Crippen LogP contribution in [0.4, 0.5) is 0 Å². The van der Waals surface area contributed by atoms with Gasteiger partial charge in [-0.05, 0) is 5.92 Å². The molecule has 0 spiro atoms. The van der Waals surface area contributed by atoms with E-state index in [2.05, 4.69) is 10.3 Å². The van der Waals surface area contributed by atoms with E-state index in [1.807, 2.05) is 0 Å². The standard InChI is InChI=1S/C9H18N4/c10-9(12-13-11)7-8-5-3-1-2-4-6-8/h8H,1-7H2,(H3,10,11,12). The van der Waals surface area contributed by atoms with Crippen LogP contribution < -0.4 is 5.84 Å². The second-order valence-electron chi connectivity index (χ2n) is 3.72. The molecule has 0 saturated heterocycles. The summed E-state index contributed by atoms with van der Waals surface area (Å²) in [7, 11) is 0. The molecule has 0 bridgehead atoms. The highest BCUT2D eigenvalue weighted by atomic mass is 15.3. The first-order valence-electron chi connectivity index (χ1n) is 5.01. The molecular weight excluding hydrogens is 164 g/mol. The maximum atomic E-state index is 7.46. The van der Waals surface area contributed by atoms with Gasteiger partial charge in [0.2, 0.25) is 0 Å². The summed E-state index contributed by atoms with van der Waals surface area (Å²) in [4.78, 5) is 0. The number of amidine groups is 1. The lowest BCUT2D eigenvalue weighted by molar-refractivity contribution is 0.474. The van der Waals surface area contributed by atoms with Gasteiger partial charge in [-0.1, -0.05) is 43.7 Å². The Kier molecular flexibility index (Phi) is 4.43. The van der Waals surface area contributed by atoms with Crippen LogP contribution in [0.1, 0.15) is 44.9 Å². The molecule has 0 radical (unpaired) electrons. The van der Waals surface area contributed by atoms with Gasteiger partial charge in [0, 0.05) is 6.42 Å². The van der Waals surface area contributed by atoms with Crippen molar-refractivity contribution >= 4 is 5.84 Å². The molecule has 3 N–H and O–H groups in total. The summed E-state index contributed by atoms with van der Waals surface area (Å²) in [6.45, 7) is 0. The Balaban J connectivity index is 2.29. The van der Waals surface area contributed by atoms with Crippen molar-refractivity contribution in [3.63, 3.8) is 0 Å². The van der Waals surface area contributed by atoms with E-state index in [-0.39, 0.29) is 0 Å². The monoisotopic (exact) mass is 182 g/mol. The molecule has 1 saturated carbocycles. The smallest absolute Gasteiger partial charge is 0.145 e. The molecule has 4 heteroatoms. The van der Waals surface area contributed by atoms with Crippen molar-refractivity contribution in [1.29, 1.82) is 5.41 Å². The van der Waals surface area contributed by atoms with Crippen LogP contribution in [0, 0.1) is 11.3 Å². The zero-order valence-corrected chi connectivity index (χ0v) is 8.00. The molecule has 1 rings (SSSR count). The minimum absolute atomic E-state index is 0.328. The fourth-order valence-electron chi connectivity index (χ4n) is 1.95. The van der Waals surface area contributed by atoms with Crippen molar-refractivity contribution < 1.29 is 0 Å². The van der Waals surface area contributed by atoms with E-state index < -0.39 is 0 Å². The topological polar surface area (TPSA) is 74.6 Å². The molecule has 0 heterocycles. The van der Waals surface area contributed by atoms with Crippen LogP contribution in [-0.4, -0.2) is 5.84 Å².